The van der Waals surface area contributed by atoms with Crippen LogP contribution in [0.25, 0.3) is 0 Å². The minimum absolute atomic E-state index is 0.595. The lowest BCUT2D eigenvalue weighted by atomic mass is 9.72. The Labute approximate surface area is 95.8 Å². The summed E-state index contributed by atoms with van der Waals surface area (Å²) < 4.78 is 0. The van der Waals surface area contributed by atoms with Crippen LogP contribution in [0.2, 0.25) is 0 Å². The van der Waals surface area contributed by atoms with Gasteiger partial charge in [-0.3, -0.25) is 0 Å². The fourth-order valence-corrected chi connectivity index (χ4v) is 2.72. The van der Waals surface area contributed by atoms with Gasteiger partial charge in [0.05, 0.1) is 0 Å². The van der Waals surface area contributed by atoms with E-state index in [2.05, 4.69) is 20.8 Å². The van der Waals surface area contributed by atoms with Crippen LogP contribution in [0.3, 0.4) is 0 Å². The highest BCUT2D eigenvalue weighted by Crippen LogP contribution is 2.46. The Kier molecular flexibility index (Phi) is 3.42. The van der Waals surface area contributed by atoms with Crippen LogP contribution in [0.4, 0.5) is 0 Å². The molecule has 0 amide bonds. The average Bonchev–Trinajstić information content (AvgIpc) is 3.05. The molecule has 0 aromatic carbocycles. The van der Waals surface area contributed by atoms with Crippen LogP contribution in [-0.2, 0) is 0 Å². The van der Waals surface area contributed by atoms with Crippen LogP contribution in [0.5, 0.6) is 0 Å². The van der Waals surface area contributed by atoms with Gasteiger partial charge >= 0.3 is 0 Å². The Balaban J connectivity index is 1.81. The monoisotopic (exact) mass is 208 g/mol. The Morgan fingerprint density at radius 3 is 2.13 bits per heavy atom. The highest BCUT2D eigenvalue weighted by atomic mass is 14.4. The predicted molar refractivity (Wildman–Crippen MR) is 66.9 cm³/mol. The van der Waals surface area contributed by atoms with Crippen molar-refractivity contribution in [3.8, 4) is 0 Å². The molecule has 2 aliphatic rings. The quantitative estimate of drug-likeness (QED) is 0.550. The normalized spacial score (nSPS) is 24.2. The molecule has 0 aromatic rings. The van der Waals surface area contributed by atoms with Crippen LogP contribution in [0.15, 0.2) is 0 Å². The summed E-state index contributed by atoms with van der Waals surface area (Å²) in [5.41, 5.74) is 0.595. The van der Waals surface area contributed by atoms with Crippen LogP contribution in [0, 0.1) is 23.2 Å². The van der Waals surface area contributed by atoms with Gasteiger partial charge in [0.25, 0.3) is 0 Å². The summed E-state index contributed by atoms with van der Waals surface area (Å²) in [6.07, 6.45) is 12.1. The second-order valence-corrected chi connectivity index (χ2v) is 6.74. The third-order valence-electron chi connectivity index (χ3n) is 4.95. The van der Waals surface area contributed by atoms with Crippen LogP contribution >= 0.6 is 0 Å². The van der Waals surface area contributed by atoms with Crippen LogP contribution in [-0.4, -0.2) is 0 Å². The summed E-state index contributed by atoms with van der Waals surface area (Å²) in [5, 5.41) is 0. The Bertz CT molecular complexity index is 196. The molecular weight excluding hydrogens is 180 g/mol. The van der Waals surface area contributed by atoms with Gasteiger partial charge in [-0.2, -0.15) is 0 Å². The van der Waals surface area contributed by atoms with Gasteiger partial charge in [-0.05, 0) is 36.0 Å². The molecular formula is C15H28. The minimum Gasteiger partial charge on any atom is -0.0649 e. The van der Waals surface area contributed by atoms with Crippen molar-refractivity contribution in [2.75, 3.05) is 0 Å². The molecule has 1 atom stereocenters. The maximum atomic E-state index is 2.49. The van der Waals surface area contributed by atoms with Crippen molar-refractivity contribution < 1.29 is 0 Å². The maximum Gasteiger partial charge on any atom is -0.0328 e. The SMILES string of the molecule is CCC(C)(C)C(CCC1CC1)CC1CC1. The average molecular weight is 208 g/mol. The first-order valence-electron chi connectivity index (χ1n) is 7.12. The van der Waals surface area contributed by atoms with Gasteiger partial charge in [0, 0.05) is 0 Å². The van der Waals surface area contributed by atoms with E-state index in [1.165, 1.54) is 51.4 Å². The van der Waals surface area contributed by atoms with E-state index in [1.54, 1.807) is 0 Å². The predicted octanol–water partition coefficient (Wildman–Crippen LogP) is 5.03. The molecule has 0 radical (unpaired) electrons. The van der Waals surface area contributed by atoms with Crippen molar-refractivity contribution in [1.29, 1.82) is 0 Å². The lowest BCUT2D eigenvalue weighted by Crippen LogP contribution is -2.24. The first-order chi connectivity index (χ1) is 7.12. The first kappa shape index (κ1) is 11.5. The zero-order chi connectivity index (χ0) is 10.9. The second-order valence-electron chi connectivity index (χ2n) is 6.74. The van der Waals surface area contributed by atoms with Gasteiger partial charge in [0.1, 0.15) is 0 Å². The summed E-state index contributed by atoms with van der Waals surface area (Å²) in [6, 6.07) is 0. The Morgan fingerprint density at radius 2 is 1.67 bits per heavy atom. The molecule has 0 bridgehead atoms. The third-order valence-corrected chi connectivity index (χ3v) is 4.95. The summed E-state index contributed by atoms with van der Waals surface area (Å²) in [6.45, 7) is 7.36. The zero-order valence-electron chi connectivity index (χ0n) is 10.9. The van der Waals surface area contributed by atoms with E-state index in [-0.39, 0.29) is 0 Å². The van der Waals surface area contributed by atoms with Crippen LogP contribution in [0.1, 0.15) is 72.1 Å². The number of hydrogen-bond acceptors (Lipinski definition) is 0. The van der Waals surface area contributed by atoms with Gasteiger partial charge in [-0.1, -0.05) is 59.3 Å². The van der Waals surface area contributed by atoms with E-state index in [4.69, 9.17) is 0 Å². The zero-order valence-corrected chi connectivity index (χ0v) is 10.9. The fraction of sp³-hybridized carbons (Fsp3) is 1.00. The molecule has 2 rings (SSSR count). The molecule has 0 nitrogen and oxygen atoms in total. The molecule has 0 heteroatoms. The Hall–Kier alpha value is 0. The molecule has 0 N–H and O–H groups in total. The molecule has 0 heterocycles. The molecule has 15 heavy (non-hydrogen) atoms. The highest BCUT2D eigenvalue weighted by molar-refractivity contribution is 4.85. The van der Waals surface area contributed by atoms with E-state index in [0.29, 0.717) is 5.41 Å². The summed E-state index contributed by atoms with van der Waals surface area (Å²) in [4.78, 5) is 0. The van der Waals surface area contributed by atoms with Crippen molar-refractivity contribution in [2.45, 2.75) is 72.1 Å². The van der Waals surface area contributed by atoms with Crippen LogP contribution < -0.4 is 0 Å². The van der Waals surface area contributed by atoms with E-state index >= 15 is 0 Å². The van der Waals surface area contributed by atoms with E-state index in [0.717, 1.165) is 17.8 Å². The molecule has 88 valence electrons. The third kappa shape index (κ3) is 3.50. The topological polar surface area (TPSA) is 0 Å². The largest absolute Gasteiger partial charge is 0.0649 e. The van der Waals surface area contributed by atoms with Gasteiger partial charge in [0.15, 0.2) is 0 Å². The summed E-state index contributed by atoms with van der Waals surface area (Å²) >= 11 is 0. The van der Waals surface area contributed by atoms with Gasteiger partial charge in [-0.15, -0.1) is 0 Å². The number of hydrogen-bond donors (Lipinski definition) is 0. The van der Waals surface area contributed by atoms with Crippen molar-refractivity contribution in [2.24, 2.45) is 23.2 Å². The van der Waals surface area contributed by atoms with Crippen molar-refractivity contribution in [3.63, 3.8) is 0 Å². The molecule has 2 saturated carbocycles. The van der Waals surface area contributed by atoms with E-state index < -0.39 is 0 Å². The van der Waals surface area contributed by atoms with Gasteiger partial charge in [0.2, 0.25) is 0 Å². The molecule has 0 saturated heterocycles. The molecule has 2 fully saturated rings. The van der Waals surface area contributed by atoms with E-state index in [9.17, 15) is 0 Å². The van der Waals surface area contributed by atoms with Crippen molar-refractivity contribution in [1.82, 2.24) is 0 Å². The first-order valence-corrected chi connectivity index (χ1v) is 7.12. The summed E-state index contributed by atoms with van der Waals surface area (Å²) in [5.74, 6) is 3.25. The standard InChI is InChI=1S/C15H28/c1-4-15(2,3)14(11-13-7-8-13)10-9-12-5-6-12/h12-14H,4-11H2,1-3H3. The summed E-state index contributed by atoms with van der Waals surface area (Å²) in [7, 11) is 0. The van der Waals surface area contributed by atoms with Gasteiger partial charge in [-0.25, -0.2) is 0 Å². The smallest absolute Gasteiger partial charge is 0.0328 e. The fourth-order valence-electron chi connectivity index (χ4n) is 2.72. The molecule has 1 unspecified atom stereocenters. The van der Waals surface area contributed by atoms with E-state index in [1.807, 2.05) is 0 Å². The number of rotatable bonds is 7. The molecule has 0 aromatic heterocycles. The molecule has 2 aliphatic carbocycles. The minimum atomic E-state index is 0.595. The van der Waals surface area contributed by atoms with Crippen molar-refractivity contribution >= 4 is 0 Å². The lowest BCUT2D eigenvalue weighted by molar-refractivity contribution is 0.167. The maximum absolute atomic E-state index is 2.49. The second kappa shape index (κ2) is 4.47. The van der Waals surface area contributed by atoms with Crippen molar-refractivity contribution in [3.05, 3.63) is 0 Å². The molecule has 0 spiro atoms. The highest BCUT2D eigenvalue weighted by Gasteiger charge is 2.34. The van der Waals surface area contributed by atoms with Gasteiger partial charge < -0.3 is 0 Å². The Morgan fingerprint density at radius 1 is 1.07 bits per heavy atom. The lowest BCUT2D eigenvalue weighted by Gasteiger charge is -2.34. The molecule has 0 aliphatic heterocycles.